The molecule has 1 aliphatic rings. The predicted octanol–water partition coefficient (Wildman–Crippen LogP) is 4.59. The molecule has 31 heavy (non-hydrogen) atoms. The van der Waals surface area contributed by atoms with Crippen LogP contribution in [0, 0.1) is 11.7 Å². The number of rotatable bonds is 5. The SMILES string of the molecule is COc1ccc(C(=O)N2CCC[C@@H](C(=O)Nc3cccc(-c4ccc(F)cc4)c3)C2)o1. The van der Waals surface area contributed by atoms with Crippen LogP contribution in [0.5, 0.6) is 5.95 Å². The van der Waals surface area contributed by atoms with Crippen LogP contribution in [0.3, 0.4) is 0 Å². The van der Waals surface area contributed by atoms with Gasteiger partial charge in [0.05, 0.1) is 13.0 Å². The van der Waals surface area contributed by atoms with Gasteiger partial charge in [-0.05, 0) is 54.3 Å². The summed E-state index contributed by atoms with van der Waals surface area (Å²) in [6, 6.07) is 16.8. The largest absolute Gasteiger partial charge is 0.468 e. The first-order valence-electron chi connectivity index (χ1n) is 10.1. The smallest absolute Gasteiger partial charge is 0.289 e. The van der Waals surface area contributed by atoms with E-state index in [0.29, 0.717) is 25.2 Å². The Kier molecular flexibility index (Phi) is 6.02. The molecule has 3 aromatic rings. The first kappa shape index (κ1) is 20.7. The number of furan rings is 1. The van der Waals surface area contributed by atoms with Crippen molar-refractivity contribution in [3.8, 4) is 17.1 Å². The Labute approximate surface area is 179 Å². The fourth-order valence-electron chi connectivity index (χ4n) is 3.74. The molecule has 2 amide bonds. The van der Waals surface area contributed by atoms with Gasteiger partial charge in [0.15, 0.2) is 5.76 Å². The number of nitrogens with one attached hydrogen (secondary N) is 1. The maximum absolute atomic E-state index is 13.2. The van der Waals surface area contributed by atoms with Crippen molar-refractivity contribution in [3.05, 3.63) is 72.2 Å². The van der Waals surface area contributed by atoms with E-state index in [1.807, 2.05) is 24.3 Å². The summed E-state index contributed by atoms with van der Waals surface area (Å²) >= 11 is 0. The van der Waals surface area contributed by atoms with Gasteiger partial charge in [-0.15, -0.1) is 0 Å². The van der Waals surface area contributed by atoms with Crippen molar-refractivity contribution in [2.24, 2.45) is 5.92 Å². The highest BCUT2D eigenvalue weighted by Gasteiger charge is 2.30. The van der Waals surface area contributed by atoms with Gasteiger partial charge in [0.1, 0.15) is 5.82 Å². The molecule has 1 aliphatic heterocycles. The van der Waals surface area contributed by atoms with Crippen LogP contribution in [0.2, 0.25) is 0 Å². The second-order valence-electron chi connectivity index (χ2n) is 7.49. The number of hydrogen-bond acceptors (Lipinski definition) is 4. The third-order valence-electron chi connectivity index (χ3n) is 5.38. The van der Waals surface area contributed by atoms with E-state index in [2.05, 4.69) is 5.32 Å². The van der Waals surface area contributed by atoms with Crippen molar-refractivity contribution in [2.75, 3.05) is 25.5 Å². The van der Waals surface area contributed by atoms with Crippen molar-refractivity contribution in [1.82, 2.24) is 4.90 Å². The summed E-state index contributed by atoms with van der Waals surface area (Å²) in [5, 5.41) is 2.95. The highest BCUT2D eigenvalue weighted by molar-refractivity contribution is 5.95. The van der Waals surface area contributed by atoms with Gasteiger partial charge < -0.3 is 19.4 Å². The molecule has 0 bridgehead atoms. The van der Waals surface area contributed by atoms with Crippen LogP contribution in [0.15, 0.2) is 65.1 Å². The number of likely N-dealkylation sites (tertiary alicyclic amines) is 1. The van der Waals surface area contributed by atoms with Crippen LogP contribution >= 0.6 is 0 Å². The Balaban J connectivity index is 1.42. The van der Waals surface area contributed by atoms with Gasteiger partial charge in [-0.25, -0.2) is 4.39 Å². The number of piperidine rings is 1. The first-order valence-corrected chi connectivity index (χ1v) is 10.1. The number of nitrogens with zero attached hydrogens (tertiary/aromatic N) is 1. The van der Waals surface area contributed by atoms with Gasteiger partial charge in [0.2, 0.25) is 5.91 Å². The molecule has 0 radical (unpaired) electrons. The lowest BCUT2D eigenvalue weighted by atomic mass is 9.96. The van der Waals surface area contributed by atoms with Crippen LogP contribution < -0.4 is 10.1 Å². The minimum Gasteiger partial charge on any atom is -0.468 e. The van der Waals surface area contributed by atoms with Crippen molar-refractivity contribution in [1.29, 1.82) is 0 Å². The quantitative estimate of drug-likeness (QED) is 0.653. The number of carbonyl (C=O) groups excluding carboxylic acids is 2. The summed E-state index contributed by atoms with van der Waals surface area (Å²) in [5.74, 6) is -0.521. The second-order valence-corrected chi connectivity index (χ2v) is 7.49. The molecule has 1 saturated heterocycles. The van der Waals surface area contributed by atoms with Gasteiger partial charge in [-0.1, -0.05) is 24.3 Å². The van der Waals surface area contributed by atoms with Crippen molar-refractivity contribution in [2.45, 2.75) is 12.8 Å². The average molecular weight is 422 g/mol. The van der Waals surface area contributed by atoms with E-state index in [0.717, 1.165) is 17.5 Å². The molecule has 1 fully saturated rings. The standard InChI is InChI=1S/C24H23FN2O4/c1-30-22-12-11-21(31-22)24(29)27-13-3-5-18(15-27)23(28)26-20-6-2-4-17(14-20)16-7-9-19(25)10-8-16/h2,4,6-12,14,18H,3,5,13,15H2,1H3,(H,26,28)/t18-/m1/s1. The topological polar surface area (TPSA) is 71.8 Å². The Morgan fingerprint density at radius 2 is 1.90 bits per heavy atom. The fraction of sp³-hybridized carbons (Fsp3) is 0.250. The first-order chi connectivity index (χ1) is 15.0. The van der Waals surface area contributed by atoms with Crippen molar-refractivity contribution >= 4 is 17.5 Å². The normalized spacial score (nSPS) is 16.1. The lowest BCUT2D eigenvalue weighted by Crippen LogP contribution is -2.43. The molecule has 160 valence electrons. The molecule has 6 nitrogen and oxygen atoms in total. The zero-order valence-corrected chi connectivity index (χ0v) is 17.1. The Hall–Kier alpha value is -3.61. The lowest BCUT2D eigenvalue weighted by molar-refractivity contribution is -0.121. The van der Waals surface area contributed by atoms with Crippen LogP contribution in [-0.4, -0.2) is 36.9 Å². The molecule has 1 aromatic heterocycles. The Morgan fingerprint density at radius 1 is 1.10 bits per heavy atom. The Morgan fingerprint density at radius 3 is 2.65 bits per heavy atom. The average Bonchev–Trinajstić information content (AvgIpc) is 3.29. The molecule has 7 heteroatoms. The maximum Gasteiger partial charge on any atom is 0.289 e. The minimum absolute atomic E-state index is 0.134. The number of hydrogen-bond donors (Lipinski definition) is 1. The van der Waals surface area contributed by atoms with Crippen LogP contribution in [0.1, 0.15) is 23.4 Å². The second kappa shape index (κ2) is 9.04. The van der Waals surface area contributed by atoms with E-state index in [9.17, 15) is 14.0 Å². The fourth-order valence-corrected chi connectivity index (χ4v) is 3.74. The van der Waals surface area contributed by atoms with Gasteiger partial charge in [0, 0.05) is 24.8 Å². The molecule has 0 spiro atoms. The van der Waals surface area contributed by atoms with Crippen LogP contribution in [0.4, 0.5) is 10.1 Å². The van der Waals surface area contributed by atoms with E-state index in [1.165, 1.54) is 19.2 Å². The molecule has 0 aliphatic carbocycles. The summed E-state index contributed by atoms with van der Waals surface area (Å²) < 4.78 is 23.5. The number of benzene rings is 2. The monoisotopic (exact) mass is 422 g/mol. The summed E-state index contributed by atoms with van der Waals surface area (Å²) in [6.45, 7) is 0.900. The predicted molar refractivity (Wildman–Crippen MR) is 114 cm³/mol. The number of amides is 2. The van der Waals surface area contributed by atoms with Gasteiger partial charge >= 0.3 is 0 Å². The third-order valence-corrected chi connectivity index (χ3v) is 5.38. The molecule has 1 N–H and O–H groups in total. The number of carbonyl (C=O) groups is 2. The van der Waals surface area contributed by atoms with E-state index in [1.54, 1.807) is 29.2 Å². The van der Waals surface area contributed by atoms with E-state index in [-0.39, 0.29) is 35.3 Å². The molecular weight excluding hydrogens is 399 g/mol. The summed E-state index contributed by atoms with van der Waals surface area (Å²) in [6.07, 6.45) is 1.44. The maximum atomic E-state index is 13.2. The van der Waals surface area contributed by atoms with E-state index >= 15 is 0 Å². The van der Waals surface area contributed by atoms with Gasteiger partial charge in [-0.2, -0.15) is 0 Å². The lowest BCUT2D eigenvalue weighted by Gasteiger charge is -2.31. The van der Waals surface area contributed by atoms with Gasteiger partial charge in [-0.3, -0.25) is 9.59 Å². The zero-order valence-electron chi connectivity index (χ0n) is 17.1. The highest BCUT2D eigenvalue weighted by Crippen LogP contribution is 2.25. The number of methoxy groups -OCH3 is 1. The van der Waals surface area contributed by atoms with Crippen LogP contribution in [0.25, 0.3) is 11.1 Å². The van der Waals surface area contributed by atoms with Crippen molar-refractivity contribution in [3.63, 3.8) is 0 Å². The molecule has 1 atom stereocenters. The Bertz CT molecular complexity index is 1080. The van der Waals surface area contributed by atoms with Gasteiger partial charge in [0.25, 0.3) is 11.9 Å². The van der Waals surface area contributed by atoms with Crippen LogP contribution in [-0.2, 0) is 4.79 Å². The zero-order chi connectivity index (χ0) is 21.8. The van der Waals surface area contributed by atoms with Crippen molar-refractivity contribution < 1.29 is 23.1 Å². The molecule has 0 unspecified atom stereocenters. The highest BCUT2D eigenvalue weighted by atomic mass is 19.1. The molecule has 4 rings (SSSR count). The number of ether oxygens (including phenoxy) is 1. The minimum atomic E-state index is -0.316. The number of halogens is 1. The summed E-state index contributed by atoms with van der Waals surface area (Å²) in [7, 11) is 1.47. The summed E-state index contributed by atoms with van der Waals surface area (Å²) in [4.78, 5) is 27.2. The van der Waals surface area contributed by atoms with E-state index < -0.39 is 0 Å². The number of anilines is 1. The molecule has 0 saturated carbocycles. The molecular formula is C24H23FN2O4. The molecule has 2 aromatic carbocycles. The third kappa shape index (κ3) is 4.77. The molecule has 2 heterocycles. The van der Waals surface area contributed by atoms with E-state index in [4.69, 9.17) is 9.15 Å². The summed E-state index contributed by atoms with van der Waals surface area (Å²) in [5.41, 5.74) is 2.40.